The summed E-state index contributed by atoms with van der Waals surface area (Å²) in [6.45, 7) is 1.78. The molecular formula is C15H20N4OS. The number of methoxy groups -OCH3 is 1. The first-order valence-corrected chi connectivity index (χ1v) is 7.90. The average molecular weight is 304 g/mol. The molecular weight excluding hydrogens is 284 g/mol. The first kappa shape index (κ1) is 14.3. The van der Waals surface area contributed by atoms with Gasteiger partial charge < -0.3 is 15.8 Å². The molecule has 0 amide bonds. The van der Waals surface area contributed by atoms with Crippen LogP contribution in [-0.2, 0) is 4.74 Å². The molecule has 0 atom stereocenters. The highest BCUT2D eigenvalue weighted by atomic mass is 32.1. The molecule has 0 saturated heterocycles. The average Bonchev–Trinajstić information content (AvgIpc) is 3.20. The number of nitrogen functional groups attached to an aromatic ring is 1. The Balaban J connectivity index is 1.72. The number of nitrogens with one attached hydrogen (secondary N) is 1. The van der Waals surface area contributed by atoms with Crippen molar-refractivity contribution in [1.29, 1.82) is 0 Å². The molecule has 0 spiro atoms. The van der Waals surface area contributed by atoms with Gasteiger partial charge in [-0.2, -0.15) is 4.37 Å². The van der Waals surface area contributed by atoms with E-state index in [-0.39, 0.29) is 0 Å². The maximum Gasteiger partial charge on any atom is 0.147 e. The van der Waals surface area contributed by atoms with Gasteiger partial charge in [-0.3, -0.25) is 4.98 Å². The number of pyridine rings is 1. The lowest BCUT2D eigenvalue weighted by Gasteiger charge is -2.16. The van der Waals surface area contributed by atoms with Gasteiger partial charge in [-0.15, -0.1) is 0 Å². The van der Waals surface area contributed by atoms with Gasteiger partial charge in [0.1, 0.15) is 10.8 Å². The van der Waals surface area contributed by atoms with Crippen molar-refractivity contribution < 1.29 is 4.74 Å². The molecule has 0 unspecified atom stereocenters. The van der Waals surface area contributed by atoms with Gasteiger partial charge in [-0.05, 0) is 53.9 Å². The summed E-state index contributed by atoms with van der Waals surface area (Å²) in [6.07, 6.45) is 7.19. The van der Waals surface area contributed by atoms with Crippen LogP contribution in [0.25, 0.3) is 11.1 Å². The minimum absolute atomic E-state index is 0.393. The van der Waals surface area contributed by atoms with Crippen LogP contribution in [0.15, 0.2) is 24.5 Å². The number of nitrogens with zero attached hydrogens (tertiary/aromatic N) is 2. The van der Waals surface area contributed by atoms with Crippen molar-refractivity contribution in [1.82, 2.24) is 9.36 Å². The van der Waals surface area contributed by atoms with Crippen molar-refractivity contribution in [3.63, 3.8) is 0 Å². The van der Waals surface area contributed by atoms with Crippen LogP contribution in [0, 0.1) is 5.41 Å². The van der Waals surface area contributed by atoms with E-state index in [4.69, 9.17) is 10.5 Å². The molecule has 0 aliphatic heterocycles. The first-order valence-electron chi connectivity index (χ1n) is 7.12. The van der Waals surface area contributed by atoms with Gasteiger partial charge in [-0.25, -0.2) is 0 Å². The Kier molecular flexibility index (Phi) is 4.07. The molecule has 6 heteroatoms. The standard InChI is InChI=1S/C15H20N4OS/c1-20-9-6-15(4-5-15)10-18-14-12(13(16)19-21-14)11-2-7-17-8-3-11/h2-3,7-8,18H,4-6,9-10H2,1H3,(H2,16,19). The van der Waals surface area contributed by atoms with E-state index in [2.05, 4.69) is 14.7 Å². The molecule has 3 rings (SSSR count). The predicted molar refractivity (Wildman–Crippen MR) is 86.4 cm³/mol. The van der Waals surface area contributed by atoms with Crippen molar-refractivity contribution in [3.05, 3.63) is 24.5 Å². The molecule has 1 saturated carbocycles. The van der Waals surface area contributed by atoms with E-state index >= 15 is 0 Å². The second-order valence-electron chi connectivity index (χ2n) is 5.60. The number of hydrogen-bond donors (Lipinski definition) is 2. The Bertz CT molecular complexity index is 595. The minimum atomic E-state index is 0.393. The number of rotatable bonds is 7. The Morgan fingerprint density at radius 1 is 1.38 bits per heavy atom. The van der Waals surface area contributed by atoms with Crippen LogP contribution in [0.4, 0.5) is 10.8 Å². The third-order valence-corrected chi connectivity index (χ3v) is 4.92. The van der Waals surface area contributed by atoms with E-state index in [9.17, 15) is 0 Å². The Morgan fingerprint density at radius 2 is 2.14 bits per heavy atom. The van der Waals surface area contributed by atoms with E-state index in [1.807, 2.05) is 12.1 Å². The Morgan fingerprint density at radius 3 is 2.81 bits per heavy atom. The molecule has 0 bridgehead atoms. The monoisotopic (exact) mass is 304 g/mol. The highest BCUT2D eigenvalue weighted by Crippen LogP contribution is 2.49. The zero-order valence-electron chi connectivity index (χ0n) is 12.1. The minimum Gasteiger partial charge on any atom is -0.385 e. The first-order chi connectivity index (χ1) is 10.2. The van der Waals surface area contributed by atoms with Crippen molar-refractivity contribution in [2.24, 2.45) is 5.41 Å². The van der Waals surface area contributed by atoms with Crippen molar-refractivity contribution in [2.75, 3.05) is 31.3 Å². The summed E-state index contributed by atoms with van der Waals surface area (Å²) in [5.74, 6) is 0.579. The van der Waals surface area contributed by atoms with Gasteiger partial charge in [0.25, 0.3) is 0 Å². The lowest BCUT2D eigenvalue weighted by Crippen LogP contribution is -2.17. The molecule has 2 heterocycles. The molecule has 112 valence electrons. The molecule has 2 aromatic rings. The van der Waals surface area contributed by atoms with Crippen LogP contribution in [-0.4, -0.2) is 29.6 Å². The molecule has 1 aliphatic carbocycles. The summed E-state index contributed by atoms with van der Waals surface area (Å²) < 4.78 is 9.49. The molecule has 21 heavy (non-hydrogen) atoms. The fourth-order valence-corrected chi connectivity index (χ4v) is 3.23. The van der Waals surface area contributed by atoms with Crippen LogP contribution >= 0.6 is 11.5 Å². The molecule has 1 aliphatic rings. The SMILES string of the molecule is COCCC1(CNc2snc(N)c2-c2ccncc2)CC1. The van der Waals surface area contributed by atoms with Gasteiger partial charge in [0.15, 0.2) is 0 Å². The van der Waals surface area contributed by atoms with Gasteiger partial charge in [0.05, 0.1) is 5.56 Å². The maximum absolute atomic E-state index is 6.03. The van der Waals surface area contributed by atoms with Gasteiger partial charge in [0, 0.05) is 32.7 Å². The quantitative estimate of drug-likeness (QED) is 0.822. The summed E-state index contributed by atoms with van der Waals surface area (Å²) in [6, 6.07) is 3.92. The number of anilines is 2. The summed E-state index contributed by atoms with van der Waals surface area (Å²) in [4.78, 5) is 4.05. The van der Waals surface area contributed by atoms with Crippen LogP contribution < -0.4 is 11.1 Å². The van der Waals surface area contributed by atoms with E-state index < -0.39 is 0 Å². The van der Waals surface area contributed by atoms with E-state index in [1.54, 1.807) is 19.5 Å². The molecule has 2 aromatic heterocycles. The van der Waals surface area contributed by atoms with Crippen LogP contribution in [0.5, 0.6) is 0 Å². The van der Waals surface area contributed by atoms with Crippen LogP contribution in [0.2, 0.25) is 0 Å². The van der Waals surface area contributed by atoms with Gasteiger partial charge in [0.2, 0.25) is 0 Å². The molecule has 3 N–H and O–H groups in total. The van der Waals surface area contributed by atoms with Gasteiger partial charge >= 0.3 is 0 Å². The Hall–Kier alpha value is -1.66. The van der Waals surface area contributed by atoms with Crippen molar-refractivity contribution in [2.45, 2.75) is 19.3 Å². The fraction of sp³-hybridized carbons (Fsp3) is 0.467. The maximum atomic E-state index is 6.03. The number of aromatic nitrogens is 2. The van der Waals surface area contributed by atoms with E-state index in [0.717, 1.165) is 35.7 Å². The highest BCUT2D eigenvalue weighted by Gasteiger charge is 2.41. The number of hydrogen-bond acceptors (Lipinski definition) is 6. The molecule has 0 aromatic carbocycles. The zero-order valence-corrected chi connectivity index (χ0v) is 12.9. The zero-order chi connectivity index (χ0) is 14.7. The Labute approximate surface area is 128 Å². The second kappa shape index (κ2) is 5.99. The molecule has 5 nitrogen and oxygen atoms in total. The number of nitrogens with two attached hydrogens (primary N) is 1. The summed E-state index contributed by atoms with van der Waals surface area (Å²) in [7, 11) is 1.76. The van der Waals surface area contributed by atoms with Crippen molar-refractivity contribution in [3.8, 4) is 11.1 Å². The summed E-state index contributed by atoms with van der Waals surface area (Å²) >= 11 is 1.43. The largest absolute Gasteiger partial charge is 0.385 e. The molecule has 1 fully saturated rings. The lowest BCUT2D eigenvalue weighted by molar-refractivity contribution is 0.175. The van der Waals surface area contributed by atoms with Crippen molar-refractivity contribution >= 4 is 22.4 Å². The highest BCUT2D eigenvalue weighted by molar-refractivity contribution is 7.11. The third kappa shape index (κ3) is 3.16. The second-order valence-corrected chi connectivity index (χ2v) is 6.38. The van der Waals surface area contributed by atoms with Crippen LogP contribution in [0.3, 0.4) is 0 Å². The topological polar surface area (TPSA) is 73.1 Å². The molecule has 0 radical (unpaired) electrons. The lowest BCUT2D eigenvalue weighted by atomic mass is 10.0. The normalized spacial score (nSPS) is 15.9. The summed E-state index contributed by atoms with van der Waals surface area (Å²) in [5, 5.41) is 4.59. The summed E-state index contributed by atoms with van der Waals surface area (Å²) in [5.41, 5.74) is 8.47. The van der Waals surface area contributed by atoms with Gasteiger partial charge in [-0.1, -0.05) is 0 Å². The van der Waals surface area contributed by atoms with E-state index in [1.165, 1.54) is 24.4 Å². The van der Waals surface area contributed by atoms with E-state index in [0.29, 0.717) is 11.2 Å². The fourth-order valence-electron chi connectivity index (χ4n) is 2.50. The third-order valence-electron chi connectivity index (χ3n) is 4.11. The van der Waals surface area contributed by atoms with Crippen LogP contribution in [0.1, 0.15) is 19.3 Å². The number of ether oxygens (including phenoxy) is 1. The predicted octanol–water partition coefficient (Wildman–Crippen LogP) is 3.02. The smallest absolute Gasteiger partial charge is 0.147 e.